The summed E-state index contributed by atoms with van der Waals surface area (Å²) in [5.41, 5.74) is 0. The van der Waals surface area contributed by atoms with Crippen molar-refractivity contribution in [1.82, 2.24) is 0 Å². The Labute approximate surface area is 163 Å². The van der Waals surface area contributed by atoms with Crippen molar-refractivity contribution in [3.63, 3.8) is 0 Å². The molecule has 3 rings (SSSR count). The van der Waals surface area contributed by atoms with E-state index in [0.717, 1.165) is 6.42 Å². The number of cyclic esters (lactones) is 1. The van der Waals surface area contributed by atoms with Crippen molar-refractivity contribution >= 4 is 24.7 Å². The third-order valence-corrected chi connectivity index (χ3v) is 10.7. The Bertz CT molecular complexity index is 728. The summed E-state index contributed by atoms with van der Waals surface area (Å²) in [6, 6.07) is 21.1. The second-order valence-corrected chi connectivity index (χ2v) is 12.9. The third-order valence-electron chi connectivity index (χ3n) is 5.56. The predicted octanol–water partition coefficient (Wildman–Crippen LogP) is 3.90. The highest BCUT2D eigenvalue weighted by atomic mass is 28.4. The molecule has 27 heavy (non-hydrogen) atoms. The van der Waals surface area contributed by atoms with E-state index in [4.69, 9.17) is 9.16 Å². The van der Waals surface area contributed by atoms with Gasteiger partial charge in [0.25, 0.3) is 8.32 Å². The van der Waals surface area contributed by atoms with Gasteiger partial charge in [-0.25, -0.2) is 0 Å². The summed E-state index contributed by atoms with van der Waals surface area (Å²) in [6.45, 7) is 10.8. The van der Waals surface area contributed by atoms with Crippen molar-refractivity contribution in [1.29, 1.82) is 0 Å². The van der Waals surface area contributed by atoms with Crippen LogP contribution in [0.3, 0.4) is 0 Å². The molecule has 2 aromatic rings. The van der Waals surface area contributed by atoms with Crippen LogP contribution < -0.4 is 10.4 Å². The van der Waals surface area contributed by atoms with Crippen molar-refractivity contribution in [2.75, 3.05) is 0 Å². The van der Waals surface area contributed by atoms with E-state index in [1.807, 2.05) is 19.1 Å². The zero-order valence-corrected chi connectivity index (χ0v) is 17.9. The molecule has 0 aromatic heterocycles. The highest BCUT2D eigenvalue weighted by Crippen LogP contribution is 2.38. The molecule has 144 valence electrons. The van der Waals surface area contributed by atoms with E-state index in [-0.39, 0.29) is 29.1 Å². The molecule has 0 aliphatic carbocycles. The molecular weight excluding hydrogens is 352 g/mol. The van der Waals surface area contributed by atoms with Gasteiger partial charge in [-0.3, -0.25) is 4.79 Å². The molecule has 3 nitrogen and oxygen atoms in total. The summed E-state index contributed by atoms with van der Waals surface area (Å²) in [5, 5.41) is 2.40. The molecule has 1 heterocycles. The first-order chi connectivity index (χ1) is 12.8. The van der Waals surface area contributed by atoms with Crippen molar-refractivity contribution in [3.05, 3.63) is 60.7 Å². The maximum Gasteiger partial charge on any atom is 0.309 e. The Morgan fingerprint density at radius 3 is 1.85 bits per heavy atom. The zero-order chi connectivity index (χ0) is 19.7. The molecule has 4 heteroatoms. The number of rotatable bonds is 5. The minimum atomic E-state index is -2.62. The molecule has 2 aromatic carbocycles. The van der Waals surface area contributed by atoms with E-state index in [1.54, 1.807) is 0 Å². The molecule has 0 saturated carbocycles. The average Bonchev–Trinajstić information content (AvgIpc) is 2.99. The SMILES string of the molecule is C[C@H](O[Si](c1ccccc1)(c1ccccc1)C(C)(C)C)[C@H]1C[C@H](C)C(=O)O1. The lowest BCUT2D eigenvalue weighted by Gasteiger charge is -2.45. The highest BCUT2D eigenvalue weighted by molar-refractivity contribution is 6.99. The van der Waals surface area contributed by atoms with Gasteiger partial charge in [0.1, 0.15) is 6.10 Å². The largest absolute Gasteiger partial charge is 0.459 e. The van der Waals surface area contributed by atoms with Gasteiger partial charge in [0.15, 0.2) is 0 Å². The van der Waals surface area contributed by atoms with Gasteiger partial charge in [0.2, 0.25) is 0 Å². The van der Waals surface area contributed by atoms with E-state index in [2.05, 4.69) is 76.2 Å². The van der Waals surface area contributed by atoms with Crippen LogP contribution in [0.5, 0.6) is 0 Å². The number of benzene rings is 2. The van der Waals surface area contributed by atoms with Gasteiger partial charge in [-0.1, -0.05) is 88.4 Å². The van der Waals surface area contributed by atoms with E-state index in [1.165, 1.54) is 10.4 Å². The average molecular weight is 383 g/mol. The molecule has 3 atom stereocenters. The second kappa shape index (κ2) is 7.61. The Balaban J connectivity index is 2.08. The van der Waals surface area contributed by atoms with Gasteiger partial charge in [-0.15, -0.1) is 0 Å². The predicted molar refractivity (Wildman–Crippen MR) is 112 cm³/mol. The number of ether oxygens (including phenoxy) is 1. The summed E-state index contributed by atoms with van der Waals surface area (Å²) in [4.78, 5) is 11.9. The van der Waals surface area contributed by atoms with Crippen molar-refractivity contribution in [2.45, 2.75) is 58.3 Å². The molecule has 1 fully saturated rings. The second-order valence-electron chi connectivity index (χ2n) is 8.60. The fraction of sp³-hybridized carbons (Fsp3) is 0.435. The Hall–Kier alpha value is -1.91. The van der Waals surface area contributed by atoms with E-state index in [0.29, 0.717) is 0 Å². The number of carbonyl (C=O) groups excluding carboxylic acids is 1. The van der Waals surface area contributed by atoms with Gasteiger partial charge in [0, 0.05) is 0 Å². The lowest BCUT2D eigenvalue weighted by atomic mass is 10.1. The van der Waals surface area contributed by atoms with Crippen LogP contribution in [-0.2, 0) is 14.0 Å². The normalized spacial score (nSPS) is 21.7. The Morgan fingerprint density at radius 2 is 1.48 bits per heavy atom. The monoisotopic (exact) mass is 382 g/mol. The summed E-state index contributed by atoms with van der Waals surface area (Å²) in [5.74, 6) is -0.168. The molecular formula is C23H30O3Si. The number of hydrogen-bond acceptors (Lipinski definition) is 3. The maximum atomic E-state index is 11.9. The topological polar surface area (TPSA) is 35.5 Å². The first kappa shape index (κ1) is 19.8. The molecule has 0 bridgehead atoms. The van der Waals surface area contributed by atoms with Gasteiger partial charge in [-0.05, 0) is 28.8 Å². The summed E-state index contributed by atoms with van der Waals surface area (Å²) < 4.78 is 12.6. The third kappa shape index (κ3) is 3.74. The smallest absolute Gasteiger partial charge is 0.309 e. The van der Waals surface area contributed by atoms with Gasteiger partial charge in [-0.2, -0.15) is 0 Å². The fourth-order valence-corrected chi connectivity index (χ4v) is 8.82. The quantitative estimate of drug-likeness (QED) is 0.581. The molecule has 1 saturated heterocycles. The minimum absolute atomic E-state index is 0.0554. The number of hydrogen-bond donors (Lipinski definition) is 0. The van der Waals surface area contributed by atoms with Crippen molar-refractivity contribution < 1.29 is 14.0 Å². The molecule has 1 aliphatic heterocycles. The van der Waals surface area contributed by atoms with Crippen LogP contribution in [0.25, 0.3) is 0 Å². The first-order valence-corrected chi connectivity index (χ1v) is 11.7. The summed E-state index contributed by atoms with van der Waals surface area (Å²) >= 11 is 0. The lowest BCUT2D eigenvalue weighted by molar-refractivity contribution is -0.146. The van der Waals surface area contributed by atoms with Crippen LogP contribution in [0, 0.1) is 5.92 Å². The molecule has 1 aliphatic rings. The van der Waals surface area contributed by atoms with Crippen molar-refractivity contribution in [2.24, 2.45) is 5.92 Å². The van der Waals surface area contributed by atoms with E-state index in [9.17, 15) is 4.79 Å². The molecule has 0 amide bonds. The standard InChI is InChI=1S/C23H30O3Si/c1-17-16-21(25-22(17)24)18(2)26-27(23(3,4)5,19-12-8-6-9-13-19)20-14-10-7-11-15-20/h6-15,17-18,21H,16H2,1-5H3/t17-,18-,21+/m0/s1. The number of esters is 1. The van der Waals surface area contributed by atoms with Gasteiger partial charge >= 0.3 is 5.97 Å². The molecule has 0 spiro atoms. The Morgan fingerprint density at radius 1 is 1.00 bits per heavy atom. The maximum absolute atomic E-state index is 11.9. The van der Waals surface area contributed by atoms with Crippen molar-refractivity contribution in [3.8, 4) is 0 Å². The first-order valence-electron chi connectivity index (χ1n) is 9.75. The minimum Gasteiger partial charge on any atom is -0.459 e. The van der Waals surface area contributed by atoms with Crippen LogP contribution in [0.4, 0.5) is 0 Å². The van der Waals surface area contributed by atoms with Crippen LogP contribution in [0.15, 0.2) is 60.7 Å². The number of carbonyl (C=O) groups is 1. The van der Waals surface area contributed by atoms with Gasteiger partial charge in [0.05, 0.1) is 12.0 Å². The zero-order valence-electron chi connectivity index (χ0n) is 16.9. The molecule has 0 unspecified atom stereocenters. The summed E-state index contributed by atoms with van der Waals surface area (Å²) in [7, 11) is -2.62. The lowest BCUT2D eigenvalue weighted by Crippen LogP contribution is -2.68. The Kier molecular flexibility index (Phi) is 5.59. The van der Waals surface area contributed by atoms with Gasteiger partial charge < -0.3 is 9.16 Å². The van der Waals surface area contributed by atoms with E-state index < -0.39 is 8.32 Å². The van der Waals surface area contributed by atoms with Crippen LogP contribution in [-0.4, -0.2) is 26.5 Å². The van der Waals surface area contributed by atoms with Crippen LogP contribution in [0.2, 0.25) is 5.04 Å². The van der Waals surface area contributed by atoms with Crippen LogP contribution >= 0.6 is 0 Å². The highest BCUT2D eigenvalue weighted by Gasteiger charge is 2.52. The summed E-state index contributed by atoms with van der Waals surface area (Å²) in [6.07, 6.45) is 0.373. The molecule has 0 radical (unpaired) electrons. The fourth-order valence-electron chi connectivity index (χ4n) is 4.09. The van der Waals surface area contributed by atoms with E-state index >= 15 is 0 Å². The molecule has 0 N–H and O–H groups in total. The van der Waals surface area contributed by atoms with Crippen LogP contribution in [0.1, 0.15) is 41.0 Å².